The van der Waals surface area contributed by atoms with Gasteiger partial charge in [-0.1, -0.05) is 25.9 Å². The van der Waals surface area contributed by atoms with Crippen LogP contribution in [0, 0.1) is 23.7 Å². The predicted octanol–water partition coefficient (Wildman–Crippen LogP) is 2.30. The molecule has 14 nitrogen and oxygen atoms in total. The Morgan fingerprint density at radius 2 is 1.49 bits per heavy atom. The summed E-state index contributed by atoms with van der Waals surface area (Å²) in [5.41, 5.74) is -4.39. The fraction of sp³-hybridized carbons (Fsp3) is 0.943. The number of nitrogens with zero attached hydrogens (tertiary/aromatic N) is 2. The second-order valence-corrected chi connectivity index (χ2v) is 15.9. The third kappa shape index (κ3) is 9.70. The van der Waals surface area contributed by atoms with Crippen molar-refractivity contribution in [2.75, 3.05) is 27.8 Å². The molecule has 14 heteroatoms. The van der Waals surface area contributed by atoms with E-state index < -0.39 is 96.2 Å². The number of esters is 1. The monoisotopic (exact) mass is 704 g/mol. The highest BCUT2D eigenvalue weighted by atomic mass is 16.7. The lowest BCUT2D eigenvalue weighted by Crippen LogP contribution is -2.59. The van der Waals surface area contributed by atoms with Crippen molar-refractivity contribution < 1.29 is 58.8 Å². The number of ether oxygens (including phenoxy) is 6. The molecule has 3 saturated heterocycles. The van der Waals surface area contributed by atoms with Gasteiger partial charge in [-0.3, -0.25) is 4.79 Å². The normalized spacial score (nSPS) is 49.0. The number of oxime groups is 1. The first-order valence-electron chi connectivity index (χ1n) is 17.6. The van der Waals surface area contributed by atoms with Crippen LogP contribution in [0.4, 0.5) is 0 Å². The first-order valence-corrected chi connectivity index (χ1v) is 17.6. The van der Waals surface area contributed by atoms with Gasteiger partial charge in [-0.25, -0.2) is 0 Å². The summed E-state index contributed by atoms with van der Waals surface area (Å²) in [6.07, 6.45) is -5.31. The molecule has 16 atom stereocenters. The molecule has 0 aromatic carbocycles. The van der Waals surface area contributed by atoms with Crippen molar-refractivity contribution in [2.45, 2.75) is 160 Å². The highest BCUT2D eigenvalue weighted by Crippen LogP contribution is 2.40. The minimum Gasteiger partial charge on any atom is -0.462 e. The van der Waals surface area contributed by atoms with E-state index in [9.17, 15) is 30.4 Å². The van der Waals surface area contributed by atoms with Gasteiger partial charge in [0.25, 0.3) is 0 Å². The second-order valence-electron chi connectivity index (χ2n) is 15.9. The second kappa shape index (κ2) is 16.5. The van der Waals surface area contributed by atoms with Crippen LogP contribution in [0.1, 0.15) is 88.0 Å². The van der Waals surface area contributed by atoms with E-state index in [0.717, 1.165) is 6.42 Å². The lowest BCUT2D eigenvalue weighted by molar-refractivity contribution is -0.308. The van der Waals surface area contributed by atoms with Gasteiger partial charge in [-0.2, -0.15) is 0 Å². The summed E-state index contributed by atoms with van der Waals surface area (Å²) in [4.78, 5) is 15.9. The summed E-state index contributed by atoms with van der Waals surface area (Å²) < 4.78 is 37.0. The largest absolute Gasteiger partial charge is 0.462 e. The Balaban J connectivity index is 2.13. The molecular weight excluding hydrogens is 640 g/mol. The fourth-order valence-corrected chi connectivity index (χ4v) is 7.97. The first-order chi connectivity index (χ1) is 22.6. The lowest BCUT2D eigenvalue weighted by Gasteiger charge is -2.48. The minimum atomic E-state index is -1.90. The Morgan fingerprint density at radius 1 is 0.857 bits per heavy atom. The van der Waals surface area contributed by atoms with Crippen LogP contribution in [0.5, 0.6) is 0 Å². The highest BCUT2D eigenvalue weighted by molar-refractivity contribution is 5.88. The SMILES string of the molecule is CO[C@]1(C)C[C@H](O[C@H]2[C@H](C)[C@@H](O[C@H]3C[C@@H](N(C)C)C[C@@H](C)O3)[C@](C)(O)C[C@@H](C)/C(=N\O)C(C)[C@@H](O)[C@](C)(O)COC(=O)[C@@H]2C)O[C@@H](C)[C@@H]1O. The fourth-order valence-electron chi connectivity index (χ4n) is 7.97. The van der Waals surface area contributed by atoms with Crippen LogP contribution in [0.15, 0.2) is 5.16 Å². The molecule has 0 spiro atoms. The van der Waals surface area contributed by atoms with Crippen LogP contribution in [0.2, 0.25) is 0 Å². The maximum atomic E-state index is 13.8. The number of cyclic esters (lactones) is 1. The van der Waals surface area contributed by atoms with E-state index >= 15 is 0 Å². The number of aliphatic hydroxyl groups is 4. The van der Waals surface area contributed by atoms with Gasteiger partial charge >= 0.3 is 5.97 Å². The molecule has 286 valence electrons. The topological polar surface area (TPSA) is 189 Å². The van der Waals surface area contributed by atoms with Crippen molar-refractivity contribution in [3.05, 3.63) is 0 Å². The van der Waals surface area contributed by atoms with E-state index in [0.29, 0.717) is 6.42 Å². The molecule has 0 radical (unpaired) electrons. The zero-order chi connectivity index (χ0) is 37.2. The predicted molar refractivity (Wildman–Crippen MR) is 180 cm³/mol. The summed E-state index contributed by atoms with van der Waals surface area (Å²) in [7, 11) is 5.50. The third-order valence-electron chi connectivity index (χ3n) is 11.2. The van der Waals surface area contributed by atoms with E-state index in [4.69, 9.17) is 28.4 Å². The van der Waals surface area contributed by atoms with Gasteiger partial charge < -0.3 is 59.0 Å². The molecule has 0 amide bonds. The maximum Gasteiger partial charge on any atom is 0.311 e. The van der Waals surface area contributed by atoms with E-state index in [1.807, 2.05) is 27.9 Å². The van der Waals surface area contributed by atoms with Crippen molar-refractivity contribution in [3.63, 3.8) is 0 Å². The quantitative estimate of drug-likeness (QED) is 0.154. The third-order valence-corrected chi connectivity index (χ3v) is 11.2. The van der Waals surface area contributed by atoms with Crippen LogP contribution in [0.25, 0.3) is 0 Å². The van der Waals surface area contributed by atoms with Crippen molar-refractivity contribution in [2.24, 2.45) is 28.8 Å². The maximum absolute atomic E-state index is 13.8. The van der Waals surface area contributed by atoms with Gasteiger partial charge in [0, 0.05) is 43.7 Å². The number of aliphatic hydroxyl groups excluding tert-OH is 2. The van der Waals surface area contributed by atoms with Crippen molar-refractivity contribution in [1.29, 1.82) is 0 Å². The summed E-state index contributed by atoms with van der Waals surface area (Å²) in [6.45, 7) is 14.7. The van der Waals surface area contributed by atoms with Gasteiger partial charge in [0.1, 0.15) is 18.3 Å². The lowest BCUT2D eigenvalue weighted by atomic mass is 9.74. The standard InChI is InChI=1S/C35H64N2O12/c1-18-15-33(7,41)31(49-25-14-24(37(10)11)13-19(2)46-25)21(4)28(48-26-16-35(9,44-12)30(39)23(6)47-26)22(5)32(40)45-17-34(8,42)29(38)20(3)27(18)36-43/h18-26,28-31,38-39,41-43H,13-17H2,1-12H3/b36-27+/t18-,19-,20?,21+,22-,23+,24+,25+,26+,28+,29-,30+,31-,33-,34-,35-/m1/s1. The van der Waals surface area contributed by atoms with Gasteiger partial charge in [0.15, 0.2) is 12.6 Å². The smallest absolute Gasteiger partial charge is 0.311 e. The molecule has 1 unspecified atom stereocenters. The van der Waals surface area contributed by atoms with Crippen LogP contribution in [-0.4, -0.2) is 142 Å². The molecule has 3 fully saturated rings. The summed E-state index contributed by atoms with van der Waals surface area (Å²) in [5, 5.41) is 59.2. The molecule has 0 aromatic heterocycles. The number of carbonyl (C=O) groups excluding carboxylic acids is 1. The van der Waals surface area contributed by atoms with Crippen LogP contribution in [-0.2, 0) is 33.2 Å². The van der Waals surface area contributed by atoms with E-state index in [1.165, 1.54) is 14.0 Å². The van der Waals surface area contributed by atoms with E-state index in [-0.39, 0.29) is 30.7 Å². The Bertz CT molecular complexity index is 1120. The molecule has 3 rings (SSSR count). The number of carbonyl (C=O) groups is 1. The number of hydrogen-bond donors (Lipinski definition) is 5. The molecule has 0 aliphatic carbocycles. The van der Waals surface area contributed by atoms with Gasteiger partial charge in [-0.05, 0) is 68.5 Å². The summed E-state index contributed by atoms with van der Waals surface area (Å²) >= 11 is 0. The van der Waals surface area contributed by atoms with Crippen LogP contribution >= 0.6 is 0 Å². The Hall–Kier alpha value is -1.46. The molecule has 3 heterocycles. The van der Waals surface area contributed by atoms with Gasteiger partial charge in [0.2, 0.25) is 0 Å². The Kier molecular flexibility index (Phi) is 14.1. The number of methoxy groups -OCH3 is 1. The van der Waals surface area contributed by atoms with Gasteiger partial charge in [-0.15, -0.1) is 0 Å². The van der Waals surface area contributed by atoms with Crippen molar-refractivity contribution >= 4 is 11.7 Å². The number of rotatable bonds is 6. The molecule has 0 bridgehead atoms. The summed E-state index contributed by atoms with van der Waals surface area (Å²) in [6, 6.07) is 0.158. The molecule has 5 N–H and O–H groups in total. The zero-order valence-corrected chi connectivity index (χ0v) is 31.5. The van der Waals surface area contributed by atoms with Crippen LogP contribution in [0.3, 0.4) is 0 Å². The van der Waals surface area contributed by atoms with Gasteiger partial charge in [0.05, 0.1) is 53.4 Å². The Morgan fingerprint density at radius 3 is 2.06 bits per heavy atom. The zero-order valence-electron chi connectivity index (χ0n) is 31.5. The van der Waals surface area contributed by atoms with Crippen molar-refractivity contribution in [1.82, 2.24) is 4.90 Å². The molecule has 3 aliphatic rings. The molecule has 0 saturated carbocycles. The van der Waals surface area contributed by atoms with E-state index in [2.05, 4.69) is 10.1 Å². The Labute approximate surface area is 292 Å². The minimum absolute atomic E-state index is 0.0242. The number of hydrogen-bond acceptors (Lipinski definition) is 14. The first kappa shape index (κ1) is 42.0. The molecule has 0 aromatic rings. The molecule has 49 heavy (non-hydrogen) atoms. The molecular formula is C35H64N2O12. The van der Waals surface area contributed by atoms with Crippen molar-refractivity contribution in [3.8, 4) is 0 Å². The average Bonchev–Trinajstić information content (AvgIpc) is 3.02. The molecule has 3 aliphatic heterocycles. The van der Waals surface area contributed by atoms with E-state index in [1.54, 1.807) is 41.5 Å². The highest BCUT2D eigenvalue weighted by Gasteiger charge is 2.51. The summed E-state index contributed by atoms with van der Waals surface area (Å²) in [5.74, 6) is -3.85. The van der Waals surface area contributed by atoms with Crippen LogP contribution < -0.4 is 0 Å². The average molecular weight is 705 g/mol.